The fourth-order valence-corrected chi connectivity index (χ4v) is 2.93. The number of aromatic hydroxyl groups is 1. The van der Waals surface area contributed by atoms with Gasteiger partial charge in [0, 0.05) is 16.5 Å². The Morgan fingerprint density at radius 3 is 2.48 bits per heavy atom. The zero-order valence-corrected chi connectivity index (χ0v) is 11.8. The number of hydrogen-bond acceptors (Lipinski definition) is 4. The van der Waals surface area contributed by atoms with Crippen molar-refractivity contribution >= 4 is 28.4 Å². The lowest BCUT2D eigenvalue weighted by atomic mass is 10.1. The van der Waals surface area contributed by atoms with Crippen molar-refractivity contribution in [3.8, 4) is 5.75 Å². The second-order valence-corrected chi connectivity index (χ2v) is 5.54. The van der Waals surface area contributed by atoms with Crippen LogP contribution in [0.3, 0.4) is 0 Å². The number of hydrogen-bond donors (Lipinski definition) is 2. The number of primary amides is 1. The van der Waals surface area contributed by atoms with Crippen molar-refractivity contribution < 1.29 is 9.90 Å². The number of amides is 1. The number of nitrogens with two attached hydrogens (primary N) is 1. The Morgan fingerprint density at radius 2 is 1.81 bits per heavy atom. The van der Waals surface area contributed by atoms with Gasteiger partial charge in [0.25, 0.3) is 0 Å². The number of rotatable bonds is 3. The highest BCUT2D eigenvalue weighted by atomic mass is 32.2. The van der Waals surface area contributed by atoms with Gasteiger partial charge in [-0.3, -0.25) is 4.79 Å². The third-order valence-corrected chi connectivity index (χ3v) is 4.12. The predicted octanol–water partition coefficient (Wildman–Crippen LogP) is 3.19. The van der Waals surface area contributed by atoms with E-state index in [2.05, 4.69) is 4.98 Å². The van der Waals surface area contributed by atoms with Gasteiger partial charge >= 0.3 is 0 Å². The Kier molecular flexibility index (Phi) is 3.50. The van der Waals surface area contributed by atoms with E-state index >= 15 is 0 Å². The van der Waals surface area contributed by atoms with Crippen LogP contribution in [0.4, 0.5) is 0 Å². The molecule has 3 rings (SSSR count). The van der Waals surface area contributed by atoms with E-state index in [9.17, 15) is 9.90 Å². The zero-order chi connectivity index (χ0) is 14.8. The van der Waals surface area contributed by atoms with Crippen molar-refractivity contribution in [3.05, 3.63) is 60.3 Å². The number of benzene rings is 2. The molecular weight excluding hydrogens is 284 g/mol. The summed E-state index contributed by atoms with van der Waals surface area (Å²) in [6.07, 6.45) is 1.47. The van der Waals surface area contributed by atoms with Gasteiger partial charge in [0.2, 0.25) is 5.91 Å². The molecule has 5 heteroatoms. The number of aromatic nitrogens is 1. The summed E-state index contributed by atoms with van der Waals surface area (Å²) >= 11 is 1.47. The van der Waals surface area contributed by atoms with Gasteiger partial charge in [-0.15, -0.1) is 0 Å². The normalized spacial score (nSPS) is 10.7. The van der Waals surface area contributed by atoms with Crippen molar-refractivity contribution in [2.24, 2.45) is 5.73 Å². The van der Waals surface area contributed by atoms with Gasteiger partial charge in [-0.05, 0) is 29.7 Å². The van der Waals surface area contributed by atoms with Gasteiger partial charge in [-0.25, -0.2) is 4.98 Å². The van der Waals surface area contributed by atoms with Crippen LogP contribution in [-0.4, -0.2) is 16.0 Å². The summed E-state index contributed by atoms with van der Waals surface area (Å²) in [7, 11) is 0. The van der Waals surface area contributed by atoms with Crippen molar-refractivity contribution in [1.29, 1.82) is 0 Å². The molecule has 0 saturated carbocycles. The van der Waals surface area contributed by atoms with E-state index in [1.54, 1.807) is 18.2 Å². The Hall–Kier alpha value is -2.53. The Bertz CT molecular complexity index is 816. The van der Waals surface area contributed by atoms with Crippen LogP contribution in [0.1, 0.15) is 10.4 Å². The van der Waals surface area contributed by atoms with Gasteiger partial charge < -0.3 is 10.8 Å². The lowest BCUT2D eigenvalue weighted by Gasteiger charge is -2.07. The number of carbonyl (C=O) groups excluding carboxylic acids is 1. The second kappa shape index (κ2) is 5.46. The van der Waals surface area contributed by atoms with Gasteiger partial charge in [0.1, 0.15) is 10.8 Å². The quantitative estimate of drug-likeness (QED) is 0.778. The number of nitrogens with zero attached hydrogens (tertiary/aromatic N) is 1. The summed E-state index contributed by atoms with van der Waals surface area (Å²) in [5.74, 6) is -0.235. The van der Waals surface area contributed by atoms with E-state index in [0.717, 1.165) is 20.7 Å². The molecule has 1 amide bonds. The zero-order valence-electron chi connectivity index (χ0n) is 11.0. The number of pyridine rings is 1. The maximum Gasteiger partial charge on any atom is 0.250 e. The molecule has 0 atom stereocenters. The highest BCUT2D eigenvalue weighted by molar-refractivity contribution is 7.99. The minimum atomic E-state index is -0.492. The van der Waals surface area contributed by atoms with Crippen molar-refractivity contribution in [2.75, 3.05) is 0 Å². The van der Waals surface area contributed by atoms with Crippen molar-refractivity contribution in [2.45, 2.75) is 9.92 Å². The first-order valence-corrected chi connectivity index (χ1v) is 7.11. The molecule has 1 aromatic heterocycles. The highest BCUT2D eigenvalue weighted by Gasteiger charge is 2.08. The Balaban J connectivity index is 1.98. The van der Waals surface area contributed by atoms with Gasteiger partial charge in [0.05, 0.1) is 5.56 Å². The topological polar surface area (TPSA) is 76.2 Å². The van der Waals surface area contributed by atoms with E-state index < -0.39 is 5.91 Å². The van der Waals surface area contributed by atoms with E-state index in [-0.39, 0.29) is 5.75 Å². The van der Waals surface area contributed by atoms with E-state index in [0.29, 0.717) is 5.56 Å². The monoisotopic (exact) mass is 296 g/mol. The SMILES string of the molecule is NC(=O)c1ccc(Sc2ccc(O)c3ccccc23)nc1. The van der Waals surface area contributed by atoms with Gasteiger partial charge in [0.15, 0.2) is 0 Å². The molecule has 104 valence electrons. The van der Waals surface area contributed by atoms with Crippen LogP contribution in [0.5, 0.6) is 5.75 Å². The molecule has 0 aliphatic carbocycles. The van der Waals surface area contributed by atoms with Crippen LogP contribution in [0.25, 0.3) is 10.8 Å². The third kappa shape index (κ3) is 2.68. The minimum absolute atomic E-state index is 0.256. The molecule has 0 saturated heterocycles. The summed E-state index contributed by atoms with van der Waals surface area (Å²) in [5, 5.41) is 12.4. The van der Waals surface area contributed by atoms with Crippen LogP contribution >= 0.6 is 11.8 Å². The van der Waals surface area contributed by atoms with E-state index in [4.69, 9.17) is 5.73 Å². The van der Waals surface area contributed by atoms with Crippen LogP contribution in [0, 0.1) is 0 Å². The average molecular weight is 296 g/mol. The minimum Gasteiger partial charge on any atom is -0.507 e. The maximum absolute atomic E-state index is 11.0. The fraction of sp³-hybridized carbons (Fsp3) is 0. The highest BCUT2D eigenvalue weighted by Crippen LogP contribution is 2.36. The largest absolute Gasteiger partial charge is 0.507 e. The molecule has 4 nitrogen and oxygen atoms in total. The first-order chi connectivity index (χ1) is 10.1. The smallest absolute Gasteiger partial charge is 0.250 e. The lowest BCUT2D eigenvalue weighted by molar-refractivity contribution is 0.1000. The summed E-state index contributed by atoms with van der Waals surface area (Å²) in [5.41, 5.74) is 5.58. The molecule has 2 aromatic carbocycles. The summed E-state index contributed by atoms with van der Waals surface area (Å²) in [6, 6.07) is 14.6. The molecule has 21 heavy (non-hydrogen) atoms. The summed E-state index contributed by atoms with van der Waals surface area (Å²) < 4.78 is 0. The maximum atomic E-state index is 11.0. The first-order valence-electron chi connectivity index (χ1n) is 6.29. The van der Waals surface area contributed by atoms with Crippen LogP contribution in [0.2, 0.25) is 0 Å². The molecular formula is C16H12N2O2S. The molecule has 0 radical (unpaired) electrons. The molecule has 1 heterocycles. The molecule has 0 aliphatic heterocycles. The molecule has 3 N–H and O–H groups in total. The molecule has 0 fully saturated rings. The molecule has 0 aliphatic rings. The van der Waals surface area contributed by atoms with E-state index in [1.165, 1.54) is 18.0 Å². The second-order valence-electron chi connectivity index (χ2n) is 4.48. The third-order valence-electron chi connectivity index (χ3n) is 3.10. The Labute approximate surface area is 125 Å². The standard InChI is InChI=1S/C16H12N2O2S/c17-16(20)10-5-8-15(18-9-10)21-14-7-6-13(19)11-3-1-2-4-12(11)14/h1-9,19H,(H2,17,20). The predicted molar refractivity (Wildman–Crippen MR) is 82.5 cm³/mol. The molecule has 0 spiro atoms. The van der Waals surface area contributed by atoms with Crippen LogP contribution < -0.4 is 5.73 Å². The number of fused-ring (bicyclic) bond motifs is 1. The number of carbonyl (C=O) groups is 1. The fourth-order valence-electron chi connectivity index (χ4n) is 2.04. The number of phenols is 1. The van der Waals surface area contributed by atoms with Crippen molar-refractivity contribution in [3.63, 3.8) is 0 Å². The lowest BCUT2D eigenvalue weighted by Crippen LogP contribution is -2.10. The Morgan fingerprint density at radius 1 is 1.05 bits per heavy atom. The summed E-state index contributed by atoms with van der Waals surface area (Å²) in [4.78, 5) is 16.2. The molecule has 0 unspecified atom stereocenters. The van der Waals surface area contributed by atoms with Crippen LogP contribution in [-0.2, 0) is 0 Å². The summed E-state index contributed by atoms with van der Waals surface area (Å²) in [6.45, 7) is 0. The van der Waals surface area contributed by atoms with Gasteiger partial charge in [-0.2, -0.15) is 0 Å². The van der Waals surface area contributed by atoms with Crippen molar-refractivity contribution in [1.82, 2.24) is 4.98 Å². The first kappa shape index (κ1) is 13.5. The van der Waals surface area contributed by atoms with Crippen LogP contribution in [0.15, 0.2) is 64.6 Å². The van der Waals surface area contributed by atoms with Gasteiger partial charge in [-0.1, -0.05) is 36.0 Å². The number of phenolic OH excluding ortho intramolecular Hbond substituents is 1. The average Bonchev–Trinajstić information content (AvgIpc) is 2.51. The van der Waals surface area contributed by atoms with E-state index in [1.807, 2.05) is 30.3 Å². The molecule has 3 aromatic rings. The molecule has 0 bridgehead atoms.